The third-order valence-electron chi connectivity index (χ3n) is 5.97. The highest BCUT2D eigenvalue weighted by atomic mass is 16.5. The van der Waals surface area contributed by atoms with E-state index in [2.05, 4.69) is 47.2 Å². The summed E-state index contributed by atoms with van der Waals surface area (Å²) in [5, 5.41) is 4.39. The molecule has 29 heavy (non-hydrogen) atoms. The quantitative estimate of drug-likeness (QED) is 0.686. The Morgan fingerprint density at radius 2 is 2.07 bits per heavy atom. The van der Waals surface area contributed by atoms with Gasteiger partial charge in [0.1, 0.15) is 5.75 Å². The molecule has 152 valence electrons. The Kier molecular flexibility index (Phi) is 5.58. The smallest absolute Gasteiger partial charge is 0.253 e. The standard InChI is InChI=1S/C24H29N3O2/c1-16-17(2)25-23-21(16)10-5-11-22(23)24(28)26-19-8-6-12-27(15-19)14-18-7-4-9-20(13-18)29-3/h4-5,7,9-11,13,19,25H,6,8,12,14-15H2,1-3H3,(H,26,28). The van der Waals surface area contributed by atoms with Crippen molar-refractivity contribution in [3.8, 4) is 5.75 Å². The molecule has 0 radical (unpaired) electrons. The molecule has 3 aromatic rings. The van der Waals surface area contributed by atoms with Crippen molar-refractivity contribution in [1.82, 2.24) is 15.2 Å². The van der Waals surface area contributed by atoms with Gasteiger partial charge in [0.2, 0.25) is 0 Å². The zero-order valence-electron chi connectivity index (χ0n) is 17.4. The molecular weight excluding hydrogens is 362 g/mol. The molecule has 1 aliphatic heterocycles. The molecule has 2 aromatic carbocycles. The predicted octanol–water partition coefficient (Wildman–Crippen LogP) is 4.19. The summed E-state index contributed by atoms with van der Waals surface area (Å²) in [6, 6.07) is 14.3. The number of aromatic amines is 1. The van der Waals surface area contributed by atoms with Gasteiger partial charge < -0.3 is 15.0 Å². The highest BCUT2D eigenvalue weighted by Gasteiger charge is 2.23. The minimum absolute atomic E-state index is 0.00470. The van der Waals surface area contributed by atoms with E-state index in [1.54, 1.807) is 7.11 Å². The number of benzene rings is 2. The van der Waals surface area contributed by atoms with Gasteiger partial charge in [0.05, 0.1) is 18.2 Å². The number of piperidine rings is 1. The summed E-state index contributed by atoms with van der Waals surface area (Å²) in [6.07, 6.45) is 2.10. The molecular formula is C24H29N3O2. The first-order chi connectivity index (χ1) is 14.0. The Morgan fingerprint density at radius 1 is 1.24 bits per heavy atom. The molecule has 1 saturated heterocycles. The van der Waals surface area contributed by atoms with Gasteiger partial charge in [-0.1, -0.05) is 24.3 Å². The van der Waals surface area contributed by atoms with Crippen LogP contribution < -0.4 is 10.1 Å². The zero-order valence-corrected chi connectivity index (χ0v) is 17.4. The molecule has 0 aliphatic carbocycles. The number of H-pyrrole nitrogens is 1. The Morgan fingerprint density at radius 3 is 2.90 bits per heavy atom. The number of likely N-dealkylation sites (tertiary alicyclic amines) is 1. The molecule has 1 atom stereocenters. The highest BCUT2D eigenvalue weighted by molar-refractivity contribution is 6.06. The van der Waals surface area contributed by atoms with Gasteiger partial charge >= 0.3 is 0 Å². The molecule has 5 heteroatoms. The number of nitrogens with one attached hydrogen (secondary N) is 2. The van der Waals surface area contributed by atoms with E-state index in [0.29, 0.717) is 0 Å². The number of amides is 1. The molecule has 2 heterocycles. The molecule has 0 spiro atoms. The number of fused-ring (bicyclic) bond motifs is 1. The van der Waals surface area contributed by atoms with Crippen LogP contribution in [0.1, 0.15) is 40.0 Å². The third-order valence-corrected chi connectivity index (χ3v) is 5.97. The second kappa shape index (κ2) is 8.29. The van der Waals surface area contributed by atoms with Crippen molar-refractivity contribution in [3.05, 3.63) is 64.8 Å². The van der Waals surface area contributed by atoms with E-state index < -0.39 is 0 Å². The number of rotatable bonds is 5. The summed E-state index contributed by atoms with van der Waals surface area (Å²) in [6.45, 7) is 6.92. The van der Waals surface area contributed by atoms with Crippen LogP contribution in [0.4, 0.5) is 0 Å². The van der Waals surface area contributed by atoms with Crippen LogP contribution in [0.25, 0.3) is 10.9 Å². The van der Waals surface area contributed by atoms with Crippen LogP contribution in [0.3, 0.4) is 0 Å². The van der Waals surface area contributed by atoms with Gasteiger partial charge in [-0.05, 0) is 62.6 Å². The maximum Gasteiger partial charge on any atom is 0.253 e. The van der Waals surface area contributed by atoms with Gasteiger partial charge in [-0.3, -0.25) is 9.69 Å². The van der Waals surface area contributed by atoms with Gasteiger partial charge in [0.25, 0.3) is 5.91 Å². The van der Waals surface area contributed by atoms with E-state index in [4.69, 9.17) is 4.74 Å². The SMILES string of the molecule is COc1cccc(CN2CCCC(NC(=O)c3cccc4c(C)c(C)[nH]c34)C2)c1. The second-order valence-corrected chi connectivity index (χ2v) is 8.00. The van der Waals surface area contributed by atoms with Gasteiger partial charge in [-0.15, -0.1) is 0 Å². The number of carbonyl (C=O) groups is 1. The van der Waals surface area contributed by atoms with Crippen LogP contribution in [0.15, 0.2) is 42.5 Å². The summed E-state index contributed by atoms with van der Waals surface area (Å²) in [5.74, 6) is 0.888. The van der Waals surface area contributed by atoms with Crippen molar-refractivity contribution < 1.29 is 9.53 Å². The lowest BCUT2D eigenvalue weighted by molar-refractivity contribution is 0.0902. The molecule has 1 aliphatic rings. The molecule has 4 rings (SSSR count). The lowest BCUT2D eigenvalue weighted by atomic mass is 10.0. The molecule has 1 amide bonds. The Bertz CT molecular complexity index is 1020. The Balaban J connectivity index is 1.44. The van der Waals surface area contributed by atoms with Crippen LogP contribution >= 0.6 is 0 Å². The summed E-state index contributed by atoms with van der Waals surface area (Å²) < 4.78 is 5.33. The first kappa shape index (κ1) is 19.5. The Hall–Kier alpha value is -2.79. The molecule has 5 nitrogen and oxygen atoms in total. The van der Waals surface area contributed by atoms with Gasteiger partial charge in [0.15, 0.2) is 0 Å². The van der Waals surface area contributed by atoms with Crippen molar-refractivity contribution in [2.45, 2.75) is 39.3 Å². The average molecular weight is 392 g/mol. The fourth-order valence-electron chi connectivity index (χ4n) is 4.28. The number of hydrogen-bond donors (Lipinski definition) is 2. The van der Waals surface area contributed by atoms with Crippen molar-refractivity contribution >= 4 is 16.8 Å². The molecule has 1 aromatic heterocycles. The van der Waals surface area contributed by atoms with E-state index in [-0.39, 0.29) is 11.9 Å². The molecule has 1 unspecified atom stereocenters. The third kappa shape index (κ3) is 4.15. The van der Waals surface area contributed by atoms with Crippen LogP contribution in [-0.2, 0) is 6.54 Å². The zero-order chi connectivity index (χ0) is 20.4. The van der Waals surface area contributed by atoms with Crippen molar-refractivity contribution in [3.63, 3.8) is 0 Å². The van der Waals surface area contributed by atoms with Crippen LogP contribution in [0.2, 0.25) is 0 Å². The van der Waals surface area contributed by atoms with E-state index in [0.717, 1.165) is 60.4 Å². The number of para-hydroxylation sites is 1. The summed E-state index contributed by atoms with van der Waals surface area (Å²) in [4.78, 5) is 18.8. The minimum atomic E-state index is 0.00470. The number of nitrogens with zero attached hydrogens (tertiary/aromatic N) is 1. The monoisotopic (exact) mass is 391 g/mol. The van der Waals surface area contributed by atoms with E-state index >= 15 is 0 Å². The maximum atomic E-state index is 13.0. The maximum absolute atomic E-state index is 13.0. The fourth-order valence-corrected chi connectivity index (χ4v) is 4.28. The number of carbonyl (C=O) groups excluding carboxylic acids is 1. The first-order valence-electron chi connectivity index (χ1n) is 10.3. The van der Waals surface area contributed by atoms with E-state index in [9.17, 15) is 4.79 Å². The average Bonchev–Trinajstić information content (AvgIpc) is 3.02. The number of ether oxygens (including phenoxy) is 1. The van der Waals surface area contributed by atoms with Crippen molar-refractivity contribution in [1.29, 1.82) is 0 Å². The lowest BCUT2D eigenvalue weighted by Gasteiger charge is -2.33. The summed E-state index contributed by atoms with van der Waals surface area (Å²) >= 11 is 0. The normalized spacial score (nSPS) is 17.4. The second-order valence-electron chi connectivity index (χ2n) is 8.00. The Labute approximate surface area is 172 Å². The van der Waals surface area contributed by atoms with Crippen molar-refractivity contribution in [2.24, 2.45) is 0 Å². The molecule has 0 bridgehead atoms. The summed E-state index contributed by atoms with van der Waals surface area (Å²) in [5.41, 5.74) is 5.21. The minimum Gasteiger partial charge on any atom is -0.497 e. The fraction of sp³-hybridized carbons (Fsp3) is 0.375. The van der Waals surface area contributed by atoms with Gasteiger partial charge in [0, 0.05) is 30.2 Å². The summed E-state index contributed by atoms with van der Waals surface area (Å²) in [7, 11) is 1.69. The number of methoxy groups -OCH3 is 1. The highest BCUT2D eigenvalue weighted by Crippen LogP contribution is 2.24. The van der Waals surface area contributed by atoms with Gasteiger partial charge in [-0.25, -0.2) is 0 Å². The molecule has 2 N–H and O–H groups in total. The van der Waals surface area contributed by atoms with Crippen LogP contribution in [0, 0.1) is 13.8 Å². The van der Waals surface area contributed by atoms with E-state index in [1.165, 1.54) is 11.1 Å². The number of aryl methyl sites for hydroxylation is 2. The topological polar surface area (TPSA) is 57.4 Å². The largest absolute Gasteiger partial charge is 0.497 e. The van der Waals surface area contributed by atoms with Gasteiger partial charge in [-0.2, -0.15) is 0 Å². The van der Waals surface area contributed by atoms with Crippen LogP contribution in [0.5, 0.6) is 5.75 Å². The number of aromatic nitrogens is 1. The van der Waals surface area contributed by atoms with Crippen molar-refractivity contribution in [2.75, 3.05) is 20.2 Å². The lowest BCUT2D eigenvalue weighted by Crippen LogP contribution is -2.47. The molecule has 1 fully saturated rings. The molecule has 0 saturated carbocycles. The first-order valence-corrected chi connectivity index (χ1v) is 10.3. The van der Waals surface area contributed by atoms with Crippen LogP contribution in [-0.4, -0.2) is 42.0 Å². The number of hydrogen-bond acceptors (Lipinski definition) is 3. The predicted molar refractivity (Wildman–Crippen MR) is 117 cm³/mol. The van der Waals surface area contributed by atoms with E-state index in [1.807, 2.05) is 24.3 Å².